The molecular weight excluding hydrogens is 262 g/mol. The average Bonchev–Trinajstić information content (AvgIpc) is 2.40. The summed E-state index contributed by atoms with van der Waals surface area (Å²) in [6, 6.07) is 6.00. The van der Waals surface area contributed by atoms with Crippen LogP contribution in [0.5, 0.6) is 0 Å². The van der Waals surface area contributed by atoms with E-state index in [0.29, 0.717) is 5.39 Å². The van der Waals surface area contributed by atoms with Gasteiger partial charge < -0.3 is 15.5 Å². The summed E-state index contributed by atoms with van der Waals surface area (Å²) in [6.07, 6.45) is -0.542. The highest BCUT2D eigenvalue weighted by molar-refractivity contribution is 5.94. The molecule has 0 aliphatic rings. The van der Waals surface area contributed by atoms with E-state index in [0.717, 1.165) is 11.1 Å². The molecule has 1 aromatic heterocycles. The SMILES string of the molecule is Cc1nnc(NC(CC(=O)O)C(=O)O)c2ccccc12. The molecule has 1 atom stereocenters. The van der Waals surface area contributed by atoms with Gasteiger partial charge in [-0.2, -0.15) is 5.10 Å². The smallest absolute Gasteiger partial charge is 0.326 e. The van der Waals surface area contributed by atoms with Gasteiger partial charge in [-0.15, -0.1) is 5.10 Å². The highest BCUT2D eigenvalue weighted by Crippen LogP contribution is 2.23. The van der Waals surface area contributed by atoms with Crippen LogP contribution >= 0.6 is 0 Å². The van der Waals surface area contributed by atoms with Crippen molar-refractivity contribution in [1.82, 2.24) is 10.2 Å². The van der Waals surface area contributed by atoms with Crippen molar-refractivity contribution in [1.29, 1.82) is 0 Å². The Labute approximate surface area is 114 Å². The molecule has 0 fully saturated rings. The number of anilines is 1. The average molecular weight is 275 g/mol. The third-order valence-corrected chi connectivity index (χ3v) is 2.86. The van der Waals surface area contributed by atoms with E-state index < -0.39 is 24.4 Å². The lowest BCUT2D eigenvalue weighted by atomic mass is 10.1. The van der Waals surface area contributed by atoms with Crippen LogP contribution in [0.3, 0.4) is 0 Å². The van der Waals surface area contributed by atoms with Crippen LogP contribution in [0.25, 0.3) is 10.8 Å². The molecule has 2 aromatic rings. The van der Waals surface area contributed by atoms with Gasteiger partial charge in [-0.25, -0.2) is 4.79 Å². The zero-order chi connectivity index (χ0) is 14.7. The number of nitrogens with one attached hydrogen (secondary N) is 1. The number of benzene rings is 1. The summed E-state index contributed by atoms with van der Waals surface area (Å²) in [4.78, 5) is 21.8. The van der Waals surface area contributed by atoms with Crippen LogP contribution in [0.2, 0.25) is 0 Å². The number of hydrogen-bond donors (Lipinski definition) is 3. The van der Waals surface area contributed by atoms with E-state index >= 15 is 0 Å². The topological polar surface area (TPSA) is 112 Å². The highest BCUT2D eigenvalue weighted by atomic mass is 16.4. The molecular formula is C13H13N3O4. The summed E-state index contributed by atoms with van der Waals surface area (Å²) in [7, 11) is 0. The molecule has 0 saturated carbocycles. The number of aromatic nitrogens is 2. The number of nitrogens with zero attached hydrogens (tertiary/aromatic N) is 2. The lowest BCUT2D eigenvalue weighted by molar-refractivity contribution is -0.144. The Bertz CT molecular complexity index is 672. The molecule has 1 unspecified atom stereocenters. The second kappa shape index (κ2) is 5.52. The normalized spacial score (nSPS) is 12.1. The predicted molar refractivity (Wildman–Crippen MR) is 71.6 cm³/mol. The largest absolute Gasteiger partial charge is 0.481 e. The highest BCUT2D eigenvalue weighted by Gasteiger charge is 2.22. The van der Waals surface area contributed by atoms with E-state index in [1.54, 1.807) is 19.1 Å². The van der Waals surface area contributed by atoms with Gasteiger partial charge in [0.25, 0.3) is 0 Å². The first-order chi connectivity index (χ1) is 9.49. The number of rotatable bonds is 5. The first kappa shape index (κ1) is 13.7. The molecule has 0 bridgehead atoms. The molecule has 0 aliphatic heterocycles. The molecule has 7 heteroatoms. The van der Waals surface area contributed by atoms with Crippen molar-refractivity contribution in [2.75, 3.05) is 5.32 Å². The molecule has 2 rings (SSSR count). The predicted octanol–water partition coefficient (Wildman–Crippen LogP) is 1.28. The summed E-state index contributed by atoms with van der Waals surface area (Å²) in [5.41, 5.74) is 0.719. The van der Waals surface area contributed by atoms with E-state index in [9.17, 15) is 9.59 Å². The summed E-state index contributed by atoms with van der Waals surface area (Å²) in [5.74, 6) is -2.19. The Morgan fingerprint density at radius 3 is 2.45 bits per heavy atom. The van der Waals surface area contributed by atoms with Crippen LogP contribution in [0.15, 0.2) is 24.3 Å². The molecule has 0 saturated heterocycles. The van der Waals surface area contributed by atoms with Crippen molar-refractivity contribution in [3.05, 3.63) is 30.0 Å². The number of carboxylic acid groups (broad SMARTS) is 2. The lowest BCUT2D eigenvalue weighted by Crippen LogP contribution is -2.32. The molecule has 1 aromatic carbocycles. The van der Waals surface area contributed by atoms with Crippen LogP contribution < -0.4 is 5.32 Å². The molecule has 3 N–H and O–H groups in total. The number of aliphatic carboxylic acids is 2. The number of carboxylic acids is 2. The fourth-order valence-corrected chi connectivity index (χ4v) is 1.88. The van der Waals surface area contributed by atoms with Gasteiger partial charge in [0.2, 0.25) is 0 Å². The number of hydrogen-bond acceptors (Lipinski definition) is 5. The Morgan fingerprint density at radius 1 is 1.20 bits per heavy atom. The number of aryl methyl sites for hydroxylation is 1. The Kier molecular flexibility index (Phi) is 3.79. The number of fused-ring (bicyclic) bond motifs is 1. The maximum atomic E-state index is 11.1. The first-order valence-corrected chi connectivity index (χ1v) is 5.92. The van der Waals surface area contributed by atoms with Crippen LogP contribution in [0.1, 0.15) is 12.1 Å². The summed E-state index contributed by atoms with van der Waals surface area (Å²) < 4.78 is 0. The van der Waals surface area contributed by atoms with Crippen molar-refractivity contribution < 1.29 is 19.8 Å². The maximum absolute atomic E-state index is 11.1. The Morgan fingerprint density at radius 2 is 1.85 bits per heavy atom. The lowest BCUT2D eigenvalue weighted by Gasteiger charge is -2.14. The molecule has 0 spiro atoms. The van der Waals surface area contributed by atoms with Crippen molar-refractivity contribution >= 4 is 28.5 Å². The van der Waals surface area contributed by atoms with Gasteiger partial charge in [-0.05, 0) is 6.92 Å². The second-order valence-electron chi connectivity index (χ2n) is 4.31. The van der Waals surface area contributed by atoms with E-state index in [4.69, 9.17) is 10.2 Å². The molecule has 0 amide bonds. The minimum absolute atomic E-state index is 0.264. The van der Waals surface area contributed by atoms with Crippen LogP contribution in [-0.2, 0) is 9.59 Å². The van der Waals surface area contributed by atoms with Gasteiger partial charge in [0, 0.05) is 10.8 Å². The third-order valence-electron chi connectivity index (χ3n) is 2.86. The summed E-state index contributed by atoms with van der Waals surface area (Å²) in [5, 5.41) is 29.8. The van der Waals surface area contributed by atoms with Crippen LogP contribution in [-0.4, -0.2) is 38.4 Å². The van der Waals surface area contributed by atoms with E-state index in [2.05, 4.69) is 15.5 Å². The van der Waals surface area contributed by atoms with Gasteiger partial charge in [0.05, 0.1) is 12.1 Å². The Balaban J connectivity index is 2.40. The summed E-state index contributed by atoms with van der Waals surface area (Å²) in [6.45, 7) is 1.80. The van der Waals surface area contributed by atoms with Crippen LogP contribution in [0.4, 0.5) is 5.82 Å². The zero-order valence-electron chi connectivity index (χ0n) is 10.7. The van der Waals surface area contributed by atoms with Gasteiger partial charge in [-0.3, -0.25) is 4.79 Å². The van der Waals surface area contributed by atoms with Gasteiger partial charge in [0.15, 0.2) is 5.82 Å². The Hall–Kier alpha value is -2.70. The van der Waals surface area contributed by atoms with Crippen LogP contribution in [0, 0.1) is 6.92 Å². The van der Waals surface area contributed by atoms with E-state index in [1.165, 1.54) is 0 Å². The first-order valence-electron chi connectivity index (χ1n) is 5.92. The van der Waals surface area contributed by atoms with Gasteiger partial charge >= 0.3 is 11.9 Å². The molecule has 104 valence electrons. The van der Waals surface area contributed by atoms with E-state index in [-0.39, 0.29) is 5.82 Å². The molecule has 0 aliphatic carbocycles. The van der Waals surface area contributed by atoms with Gasteiger partial charge in [0.1, 0.15) is 6.04 Å². The standard InChI is InChI=1S/C13H13N3O4/c1-7-8-4-2-3-5-9(8)12(16-15-7)14-10(13(19)20)6-11(17)18/h2-5,10H,6H2,1H3,(H,14,16)(H,17,18)(H,19,20). The quantitative estimate of drug-likeness (QED) is 0.753. The van der Waals surface area contributed by atoms with Gasteiger partial charge in [-0.1, -0.05) is 24.3 Å². The molecule has 0 radical (unpaired) electrons. The fraction of sp³-hybridized carbons (Fsp3) is 0.231. The molecule has 1 heterocycles. The zero-order valence-corrected chi connectivity index (χ0v) is 10.7. The molecule has 20 heavy (non-hydrogen) atoms. The maximum Gasteiger partial charge on any atom is 0.326 e. The minimum Gasteiger partial charge on any atom is -0.481 e. The van der Waals surface area contributed by atoms with Crippen molar-refractivity contribution in [3.63, 3.8) is 0 Å². The van der Waals surface area contributed by atoms with Crippen molar-refractivity contribution in [2.45, 2.75) is 19.4 Å². The van der Waals surface area contributed by atoms with Crippen molar-refractivity contribution in [3.8, 4) is 0 Å². The summed E-state index contributed by atoms with van der Waals surface area (Å²) >= 11 is 0. The monoisotopic (exact) mass is 275 g/mol. The minimum atomic E-state index is -1.26. The third kappa shape index (κ3) is 2.82. The van der Waals surface area contributed by atoms with Crippen molar-refractivity contribution in [2.24, 2.45) is 0 Å². The molecule has 7 nitrogen and oxygen atoms in total. The fourth-order valence-electron chi connectivity index (χ4n) is 1.88. The van der Waals surface area contributed by atoms with E-state index in [1.807, 2.05) is 12.1 Å². The second-order valence-corrected chi connectivity index (χ2v) is 4.31. The number of carbonyl (C=O) groups is 2.